The van der Waals surface area contributed by atoms with Crippen LogP contribution in [0, 0.1) is 0 Å². The quantitative estimate of drug-likeness (QED) is 0.747. The minimum Gasteiger partial charge on any atom is -0.389 e. The predicted octanol–water partition coefficient (Wildman–Crippen LogP) is 1.37. The average molecular weight is 209 g/mol. The maximum Gasteiger partial charge on any atom is 0.184 e. The summed E-state index contributed by atoms with van der Waals surface area (Å²) in [6, 6.07) is 7.62. The van der Waals surface area contributed by atoms with Gasteiger partial charge in [-0.1, -0.05) is 30.4 Å². The third-order valence-electron chi connectivity index (χ3n) is 2.07. The highest BCUT2D eigenvalue weighted by Crippen LogP contribution is 2.23. The van der Waals surface area contributed by atoms with Gasteiger partial charge in [-0.3, -0.25) is 0 Å². The molecule has 14 heavy (non-hydrogen) atoms. The van der Waals surface area contributed by atoms with E-state index >= 15 is 0 Å². The van der Waals surface area contributed by atoms with Crippen molar-refractivity contribution in [2.75, 3.05) is 13.2 Å². The van der Waals surface area contributed by atoms with E-state index < -0.39 is 0 Å². The van der Waals surface area contributed by atoms with E-state index in [9.17, 15) is 0 Å². The Morgan fingerprint density at radius 1 is 1.36 bits per heavy atom. The van der Waals surface area contributed by atoms with E-state index in [1.807, 2.05) is 24.3 Å². The van der Waals surface area contributed by atoms with Gasteiger partial charge >= 0.3 is 0 Å². The van der Waals surface area contributed by atoms with Gasteiger partial charge in [-0.25, -0.2) is 0 Å². The second-order valence-corrected chi connectivity index (χ2v) is 3.50. The molecule has 0 atom stereocenters. The van der Waals surface area contributed by atoms with Crippen molar-refractivity contribution in [1.29, 1.82) is 0 Å². The highest BCUT2D eigenvalue weighted by Gasteiger charge is 2.18. The molecule has 1 heterocycles. The van der Waals surface area contributed by atoms with Crippen LogP contribution in [0.2, 0.25) is 0 Å². The van der Waals surface area contributed by atoms with Crippen LogP contribution in [0.4, 0.5) is 0 Å². The summed E-state index contributed by atoms with van der Waals surface area (Å²) in [5.41, 5.74) is 7.34. The smallest absolute Gasteiger partial charge is 0.184 e. The van der Waals surface area contributed by atoms with Crippen molar-refractivity contribution in [3.63, 3.8) is 0 Å². The largest absolute Gasteiger partial charge is 0.389 e. The van der Waals surface area contributed by atoms with Crippen LogP contribution in [0.5, 0.6) is 0 Å². The second-order valence-electron chi connectivity index (χ2n) is 3.06. The Kier molecular flexibility index (Phi) is 2.77. The van der Waals surface area contributed by atoms with Gasteiger partial charge in [0.25, 0.3) is 0 Å². The minimum absolute atomic E-state index is 0.260. The lowest BCUT2D eigenvalue weighted by molar-refractivity contribution is -0.0441. The number of nitrogens with two attached hydrogens (primary N) is 1. The van der Waals surface area contributed by atoms with Gasteiger partial charge < -0.3 is 15.2 Å². The fraction of sp³-hybridized carbons (Fsp3) is 0.300. The molecule has 0 radical (unpaired) electrons. The van der Waals surface area contributed by atoms with Crippen LogP contribution < -0.4 is 5.73 Å². The summed E-state index contributed by atoms with van der Waals surface area (Å²) in [4.78, 5) is 0.393. The Hall–Kier alpha value is -0.970. The molecular formula is C10H11NO2S. The van der Waals surface area contributed by atoms with Crippen molar-refractivity contribution in [3.05, 3.63) is 35.4 Å². The minimum atomic E-state index is -0.260. The van der Waals surface area contributed by atoms with Gasteiger partial charge in [0.15, 0.2) is 6.29 Å². The first-order chi connectivity index (χ1) is 6.77. The zero-order valence-corrected chi connectivity index (χ0v) is 8.42. The van der Waals surface area contributed by atoms with Crippen LogP contribution >= 0.6 is 12.2 Å². The lowest BCUT2D eigenvalue weighted by Crippen LogP contribution is -2.10. The SMILES string of the molecule is NC(=S)c1cccc(C2OCCO2)c1. The van der Waals surface area contributed by atoms with E-state index in [0.29, 0.717) is 18.2 Å². The summed E-state index contributed by atoms with van der Waals surface area (Å²) < 4.78 is 10.7. The van der Waals surface area contributed by atoms with Gasteiger partial charge in [0, 0.05) is 11.1 Å². The molecule has 2 N–H and O–H groups in total. The van der Waals surface area contributed by atoms with Crippen LogP contribution in [0.1, 0.15) is 17.4 Å². The number of thiocarbonyl (C=S) groups is 1. The fourth-order valence-electron chi connectivity index (χ4n) is 1.39. The molecular weight excluding hydrogens is 198 g/mol. The first kappa shape index (κ1) is 9.58. The Balaban J connectivity index is 2.25. The normalized spacial score (nSPS) is 17.1. The van der Waals surface area contributed by atoms with Crippen LogP contribution in [0.15, 0.2) is 24.3 Å². The van der Waals surface area contributed by atoms with E-state index in [1.54, 1.807) is 0 Å². The molecule has 0 aromatic heterocycles. The van der Waals surface area contributed by atoms with Crippen molar-refractivity contribution >= 4 is 17.2 Å². The zero-order chi connectivity index (χ0) is 9.97. The van der Waals surface area contributed by atoms with Crippen LogP contribution in [0.3, 0.4) is 0 Å². The Labute approximate surface area is 87.8 Å². The average Bonchev–Trinajstić information content (AvgIpc) is 2.71. The number of hydrogen-bond acceptors (Lipinski definition) is 3. The lowest BCUT2D eigenvalue weighted by Gasteiger charge is -2.10. The molecule has 0 aliphatic carbocycles. The van der Waals surface area contributed by atoms with Gasteiger partial charge in [0.2, 0.25) is 0 Å². The number of hydrogen-bond donors (Lipinski definition) is 1. The van der Waals surface area contributed by atoms with Crippen molar-refractivity contribution in [2.24, 2.45) is 5.73 Å². The Bertz CT molecular complexity index is 348. The van der Waals surface area contributed by atoms with Crippen molar-refractivity contribution in [1.82, 2.24) is 0 Å². The van der Waals surface area contributed by atoms with Crippen LogP contribution in [0.25, 0.3) is 0 Å². The van der Waals surface area contributed by atoms with Gasteiger partial charge in [-0.2, -0.15) is 0 Å². The lowest BCUT2D eigenvalue weighted by atomic mass is 10.1. The molecule has 1 aromatic rings. The van der Waals surface area contributed by atoms with Crippen LogP contribution in [-0.2, 0) is 9.47 Å². The molecule has 74 valence electrons. The fourth-order valence-corrected chi connectivity index (χ4v) is 1.52. The molecule has 4 heteroatoms. The molecule has 1 aliphatic heterocycles. The Morgan fingerprint density at radius 3 is 2.71 bits per heavy atom. The van der Waals surface area contributed by atoms with E-state index in [2.05, 4.69) is 0 Å². The highest BCUT2D eigenvalue weighted by molar-refractivity contribution is 7.80. The third-order valence-corrected chi connectivity index (χ3v) is 2.30. The summed E-state index contributed by atoms with van der Waals surface area (Å²) in [7, 11) is 0. The molecule has 3 nitrogen and oxygen atoms in total. The topological polar surface area (TPSA) is 44.5 Å². The molecule has 0 saturated carbocycles. The predicted molar refractivity (Wildman–Crippen MR) is 57.0 cm³/mol. The van der Waals surface area contributed by atoms with Gasteiger partial charge in [0.05, 0.1) is 13.2 Å². The summed E-state index contributed by atoms with van der Waals surface area (Å²) in [5.74, 6) is 0. The monoisotopic (exact) mass is 209 g/mol. The maximum absolute atomic E-state index is 5.53. The molecule has 1 aromatic carbocycles. The standard InChI is InChI=1S/C10H11NO2S/c11-9(14)7-2-1-3-8(6-7)10-12-4-5-13-10/h1-3,6,10H,4-5H2,(H2,11,14). The molecule has 0 bridgehead atoms. The molecule has 0 spiro atoms. The first-order valence-corrected chi connectivity index (χ1v) is 4.81. The number of rotatable bonds is 2. The van der Waals surface area contributed by atoms with E-state index in [-0.39, 0.29) is 6.29 Å². The highest BCUT2D eigenvalue weighted by atomic mass is 32.1. The third kappa shape index (κ3) is 1.92. The molecule has 1 aliphatic rings. The maximum atomic E-state index is 5.53. The molecule has 2 rings (SSSR count). The first-order valence-electron chi connectivity index (χ1n) is 4.40. The van der Waals surface area contributed by atoms with Gasteiger partial charge in [0.1, 0.15) is 4.99 Å². The number of ether oxygens (including phenoxy) is 2. The van der Waals surface area contributed by atoms with Gasteiger partial charge in [-0.15, -0.1) is 0 Å². The molecule has 1 fully saturated rings. The van der Waals surface area contributed by atoms with E-state index in [0.717, 1.165) is 11.1 Å². The van der Waals surface area contributed by atoms with Crippen molar-refractivity contribution in [2.45, 2.75) is 6.29 Å². The summed E-state index contributed by atoms with van der Waals surface area (Å²) in [6.45, 7) is 1.28. The molecule has 0 unspecified atom stereocenters. The summed E-state index contributed by atoms with van der Waals surface area (Å²) >= 11 is 4.89. The molecule has 1 saturated heterocycles. The van der Waals surface area contributed by atoms with Crippen molar-refractivity contribution < 1.29 is 9.47 Å². The molecule has 0 amide bonds. The van der Waals surface area contributed by atoms with E-state index in [4.69, 9.17) is 27.4 Å². The van der Waals surface area contributed by atoms with Crippen LogP contribution in [-0.4, -0.2) is 18.2 Å². The zero-order valence-electron chi connectivity index (χ0n) is 7.60. The Morgan fingerprint density at radius 2 is 2.07 bits per heavy atom. The summed E-state index contributed by atoms with van der Waals surface area (Å²) in [5, 5.41) is 0. The van der Waals surface area contributed by atoms with Gasteiger partial charge in [-0.05, 0) is 6.07 Å². The van der Waals surface area contributed by atoms with Crippen molar-refractivity contribution in [3.8, 4) is 0 Å². The number of benzene rings is 1. The summed E-state index contributed by atoms with van der Waals surface area (Å²) in [6.07, 6.45) is -0.260. The van der Waals surface area contributed by atoms with E-state index in [1.165, 1.54) is 0 Å². The second kappa shape index (κ2) is 4.04.